The van der Waals surface area contributed by atoms with Gasteiger partial charge in [-0.05, 0) is 56.2 Å². The zero-order valence-electron chi connectivity index (χ0n) is 20.2. The molecule has 1 aromatic heterocycles. The van der Waals surface area contributed by atoms with Crippen molar-refractivity contribution in [1.29, 1.82) is 0 Å². The third-order valence-corrected chi connectivity index (χ3v) is 5.27. The van der Waals surface area contributed by atoms with Gasteiger partial charge in [0.25, 0.3) is 5.91 Å². The Bertz CT molecular complexity index is 1230. The number of amides is 1. The van der Waals surface area contributed by atoms with Gasteiger partial charge in [-0.15, -0.1) is 0 Å². The molecule has 0 saturated carbocycles. The van der Waals surface area contributed by atoms with Gasteiger partial charge in [0.15, 0.2) is 0 Å². The number of carbonyl (C=O) groups excluding carboxylic acids is 3. The highest BCUT2D eigenvalue weighted by Gasteiger charge is 2.24. The summed E-state index contributed by atoms with van der Waals surface area (Å²) in [4.78, 5) is 44.8. The molecule has 3 aromatic rings. The van der Waals surface area contributed by atoms with E-state index in [0.717, 1.165) is 11.3 Å². The lowest BCUT2D eigenvalue weighted by atomic mass is 10.1. The number of anilines is 3. The molecule has 36 heavy (non-hydrogen) atoms. The summed E-state index contributed by atoms with van der Waals surface area (Å²) in [6, 6.07) is 11.5. The number of nitrogens with one attached hydrogen (secondary N) is 2. The number of nitrogen functional groups attached to an aromatic ring is 2. The van der Waals surface area contributed by atoms with E-state index in [-0.39, 0.29) is 32.0 Å². The number of ether oxygens (including phenoxy) is 2. The number of esters is 2. The van der Waals surface area contributed by atoms with Crippen LogP contribution in [0.5, 0.6) is 0 Å². The second kappa shape index (κ2) is 12.3. The van der Waals surface area contributed by atoms with Gasteiger partial charge in [-0.2, -0.15) is 4.98 Å². The molecular formula is C25H30N6O5. The molecule has 2 aromatic carbocycles. The van der Waals surface area contributed by atoms with E-state index in [9.17, 15) is 14.4 Å². The van der Waals surface area contributed by atoms with Crippen molar-refractivity contribution in [3.8, 4) is 0 Å². The Labute approximate surface area is 208 Å². The SMILES string of the molecule is CCOC(=O)CC[C@H](NC(=O)c1ccc(CNc2ccc3nc(N)nc(N)c3c2)cc1)C(=O)OCC. The van der Waals surface area contributed by atoms with E-state index in [1.807, 2.05) is 12.1 Å². The Morgan fingerprint density at radius 2 is 1.69 bits per heavy atom. The molecule has 1 atom stereocenters. The number of nitrogens with two attached hydrogens (primary N) is 2. The fourth-order valence-corrected chi connectivity index (χ4v) is 3.49. The van der Waals surface area contributed by atoms with Crippen LogP contribution in [0.1, 0.15) is 42.6 Å². The number of nitrogens with zero attached hydrogens (tertiary/aromatic N) is 2. The van der Waals surface area contributed by atoms with Crippen molar-refractivity contribution >= 4 is 46.2 Å². The second-order valence-corrected chi connectivity index (χ2v) is 7.87. The largest absolute Gasteiger partial charge is 0.466 e. The highest BCUT2D eigenvalue weighted by atomic mass is 16.5. The van der Waals surface area contributed by atoms with Crippen molar-refractivity contribution in [2.75, 3.05) is 30.0 Å². The number of rotatable bonds is 11. The van der Waals surface area contributed by atoms with E-state index in [0.29, 0.717) is 28.8 Å². The van der Waals surface area contributed by atoms with Crippen molar-refractivity contribution in [3.63, 3.8) is 0 Å². The van der Waals surface area contributed by atoms with Crippen LogP contribution < -0.4 is 22.1 Å². The Morgan fingerprint density at radius 1 is 0.972 bits per heavy atom. The van der Waals surface area contributed by atoms with Gasteiger partial charge in [0, 0.05) is 29.6 Å². The standard InChI is InChI=1S/C25H30N6O5/c1-3-35-21(32)12-11-20(24(34)36-4-2)29-23(33)16-7-5-15(6-8-16)14-28-17-9-10-19-18(13-17)22(26)31-25(27)30-19/h5-10,13,20,28H,3-4,11-12,14H2,1-2H3,(H,29,33)(H4,26,27,30,31)/t20-/m0/s1. The first-order valence-corrected chi connectivity index (χ1v) is 11.6. The number of carbonyl (C=O) groups is 3. The molecule has 0 fully saturated rings. The third-order valence-electron chi connectivity index (χ3n) is 5.27. The molecule has 11 heteroatoms. The Kier molecular flexibility index (Phi) is 8.98. The van der Waals surface area contributed by atoms with Crippen LogP contribution in [0.25, 0.3) is 10.9 Å². The fraction of sp³-hybridized carbons (Fsp3) is 0.320. The van der Waals surface area contributed by atoms with E-state index in [4.69, 9.17) is 20.9 Å². The molecule has 0 bridgehead atoms. The first-order valence-electron chi connectivity index (χ1n) is 11.6. The predicted octanol–water partition coefficient (Wildman–Crippen LogP) is 2.41. The van der Waals surface area contributed by atoms with Crippen molar-refractivity contribution in [1.82, 2.24) is 15.3 Å². The lowest BCUT2D eigenvalue weighted by Crippen LogP contribution is -2.42. The van der Waals surface area contributed by atoms with Gasteiger partial charge in [0.05, 0.1) is 18.7 Å². The van der Waals surface area contributed by atoms with Gasteiger partial charge in [-0.3, -0.25) is 9.59 Å². The smallest absolute Gasteiger partial charge is 0.328 e. The van der Waals surface area contributed by atoms with Crippen LogP contribution in [-0.2, 0) is 25.6 Å². The maximum Gasteiger partial charge on any atom is 0.328 e. The molecular weight excluding hydrogens is 464 g/mol. The summed E-state index contributed by atoms with van der Waals surface area (Å²) in [6.07, 6.45) is 0.0709. The van der Waals surface area contributed by atoms with E-state index in [1.54, 1.807) is 44.2 Å². The molecule has 3 rings (SSSR count). The summed E-state index contributed by atoms with van der Waals surface area (Å²) in [6.45, 7) is 4.27. The van der Waals surface area contributed by atoms with E-state index < -0.39 is 23.9 Å². The lowest BCUT2D eigenvalue weighted by Gasteiger charge is -2.17. The molecule has 1 heterocycles. The van der Waals surface area contributed by atoms with Gasteiger partial charge in [-0.1, -0.05) is 12.1 Å². The monoisotopic (exact) mass is 494 g/mol. The quantitative estimate of drug-likeness (QED) is 0.290. The van der Waals surface area contributed by atoms with Gasteiger partial charge >= 0.3 is 11.9 Å². The summed E-state index contributed by atoms with van der Waals surface area (Å²) in [5.74, 6) is -1.05. The Morgan fingerprint density at radius 3 is 2.39 bits per heavy atom. The van der Waals surface area contributed by atoms with Crippen LogP contribution in [0.4, 0.5) is 17.5 Å². The van der Waals surface area contributed by atoms with Crippen LogP contribution in [0.3, 0.4) is 0 Å². The summed E-state index contributed by atoms with van der Waals surface area (Å²) in [7, 11) is 0. The molecule has 1 amide bonds. The highest BCUT2D eigenvalue weighted by molar-refractivity contribution is 5.97. The normalized spacial score (nSPS) is 11.5. The topological polar surface area (TPSA) is 172 Å². The van der Waals surface area contributed by atoms with Gasteiger partial charge in [0.2, 0.25) is 5.95 Å². The number of benzene rings is 2. The predicted molar refractivity (Wildman–Crippen MR) is 136 cm³/mol. The Hall–Kier alpha value is -4.41. The fourth-order valence-electron chi connectivity index (χ4n) is 3.49. The number of aromatic nitrogens is 2. The second-order valence-electron chi connectivity index (χ2n) is 7.87. The van der Waals surface area contributed by atoms with Crippen molar-refractivity contribution in [2.45, 2.75) is 39.3 Å². The van der Waals surface area contributed by atoms with Crippen LogP contribution in [0, 0.1) is 0 Å². The van der Waals surface area contributed by atoms with Crippen LogP contribution in [0.15, 0.2) is 42.5 Å². The molecule has 6 N–H and O–H groups in total. The van der Waals surface area contributed by atoms with Crippen LogP contribution >= 0.6 is 0 Å². The molecule has 0 aliphatic rings. The molecule has 0 unspecified atom stereocenters. The minimum Gasteiger partial charge on any atom is -0.466 e. The van der Waals surface area contributed by atoms with Crippen LogP contribution in [-0.4, -0.2) is 47.1 Å². The maximum atomic E-state index is 12.7. The minimum atomic E-state index is -0.956. The van der Waals surface area contributed by atoms with E-state index in [1.165, 1.54) is 0 Å². The highest BCUT2D eigenvalue weighted by Crippen LogP contribution is 2.23. The van der Waals surface area contributed by atoms with Gasteiger partial charge < -0.3 is 31.6 Å². The molecule has 0 aliphatic heterocycles. The lowest BCUT2D eigenvalue weighted by molar-refractivity contribution is -0.146. The minimum absolute atomic E-state index is 0.0118. The average Bonchev–Trinajstić information content (AvgIpc) is 2.85. The zero-order chi connectivity index (χ0) is 26.1. The molecule has 0 aliphatic carbocycles. The Balaban J connectivity index is 1.61. The first-order chi connectivity index (χ1) is 17.3. The van der Waals surface area contributed by atoms with E-state index >= 15 is 0 Å². The third kappa shape index (κ3) is 7.05. The first kappa shape index (κ1) is 26.2. The van der Waals surface area contributed by atoms with E-state index in [2.05, 4.69) is 20.6 Å². The average molecular weight is 495 g/mol. The maximum absolute atomic E-state index is 12.7. The molecule has 190 valence electrons. The number of hydrogen-bond donors (Lipinski definition) is 4. The van der Waals surface area contributed by atoms with Gasteiger partial charge in [-0.25, -0.2) is 9.78 Å². The summed E-state index contributed by atoms with van der Waals surface area (Å²) < 4.78 is 9.92. The van der Waals surface area contributed by atoms with Gasteiger partial charge in [0.1, 0.15) is 11.9 Å². The molecule has 11 nitrogen and oxygen atoms in total. The molecule has 0 spiro atoms. The zero-order valence-corrected chi connectivity index (χ0v) is 20.2. The molecule has 0 saturated heterocycles. The van der Waals surface area contributed by atoms with Crippen molar-refractivity contribution in [2.24, 2.45) is 0 Å². The molecule has 0 radical (unpaired) electrons. The summed E-state index contributed by atoms with van der Waals surface area (Å²) >= 11 is 0. The van der Waals surface area contributed by atoms with Crippen LogP contribution in [0.2, 0.25) is 0 Å². The number of hydrogen-bond acceptors (Lipinski definition) is 10. The summed E-state index contributed by atoms with van der Waals surface area (Å²) in [5.41, 5.74) is 14.4. The number of fused-ring (bicyclic) bond motifs is 1. The van der Waals surface area contributed by atoms with Crippen molar-refractivity contribution < 1.29 is 23.9 Å². The summed E-state index contributed by atoms with van der Waals surface area (Å²) in [5, 5.41) is 6.64. The van der Waals surface area contributed by atoms with Crippen molar-refractivity contribution in [3.05, 3.63) is 53.6 Å².